The first kappa shape index (κ1) is 18.5. The summed E-state index contributed by atoms with van der Waals surface area (Å²) in [6.45, 7) is 12.7. The molecule has 1 atom stereocenters. The van der Waals surface area contributed by atoms with E-state index in [2.05, 4.69) is 22.6 Å². The summed E-state index contributed by atoms with van der Waals surface area (Å²) in [6, 6.07) is 0. The van der Waals surface area contributed by atoms with E-state index in [1.807, 2.05) is 19.6 Å². The summed E-state index contributed by atoms with van der Waals surface area (Å²) in [7, 11) is -3.17. The van der Waals surface area contributed by atoms with Crippen molar-refractivity contribution in [1.29, 1.82) is 0 Å². The van der Waals surface area contributed by atoms with Crippen LogP contribution in [-0.4, -0.2) is 15.0 Å². The van der Waals surface area contributed by atoms with Crippen molar-refractivity contribution in [3.63, 3.8) is 0 Å². The fourth-order valence-electron chi connectivity index (χ4n) is 0.431. The van der Waals surface area contributed by atoms with E-state index < -0.39 is 16.3 Å². The zero-order chi connectivity index (χ0) is 10.8. The van der Waals surface area contributed by atoms with E-state index in [0.29, 0.717) is 0 Å². The summed E-state index contributed by atoms with van der Waals surface area (Å²) in [6.07, 6.45) is 0. The van der Waals surface area contributed by atoms with Gasteiger partial charge in [0.25, 0.3) is 0 Å². The normalized spacial score (nSPS) is 11.6. The Morgan fingerprint density at radius 1 is 1.25 bits per heavy atom. The zero-order valence-corrected chi connectivity index (χ0v) is 11.3. The van der Waals surface area contributed by atoms with Gasteiger partial charge < -0.3 is 11.1 Å². The molecule has 0 saturated heterocycles. The first-order valence-electron chi connectivity index (χ1n) is 3.46. The molecule has 0 aromatic carbocycles. The molecular formula is C6H18CoO3PSi-. The molecule has 0 heterocycles. The maximum atomic E-state index is 10.5. The van der Waals surface area contributed by atoms with E-state index in [1.54, 1.807) is 13.6 Å². The first-order valence-corrected chi connectivity index (χ1v) is 9.11. The van der Waals surface area contributed by atoms with Gasteiger partial charge in [0.1, 0.15) is 0 Å². The van der Waals surface area contributed by atoms with Gasteiger partial charge in [-0.2, -0.15) is 6.92 Å². The standard InChI is InChI=1S/C4H13O2PSi.C2H5.Co.O/c1-7(5)6-8(2,3)4;1-2;;/h7H,1-4H3;1H2,2H3;;/q;-1;;. The van der Waals surface area contributed by atoms with E-state index in [9.17, 15) is 4.57 Å². The predicted octanol–water partition coefficient (Wildman–Crippen LogP) is 2.66. The van der Waals surface area contributed by atoms with Gasteiger partial charge >= 0.3 is 19.5 Å². The minimum absolute atomic E-state index is 1.49. The molecule has 0 fully saturated rings. The molecule has 0 aromatic rings. The molecule has 0 spiro atoms. The fraction of sp³-hybridized carbons (Fsp3) is 0.833. The van der Waals surface area contributed by atoms with Crippen LogP contribution >= 0.6 is 8.03 Å². The summed E-state index contributed by atoms with van der Waals surface area (Å²) in [5.41, 5.74) is 0. The predicted molar refractivity (Wildman–Crippen MR) is 51.1 cm³/mol. The number of hydrogen-bond acceptors (Lipinski definition) is 3. The van der Waals surface area contributed by atoms with Crippen LogP contribution in [0.5, 0.6) is 0 Å². The number of rotatable bonds is 2. The molecule has 0 rings (SSSR count). The zero-order valence-electron chi connectivity index (χ0n) is 8.27. The third-order valence-corrected chi connectivity index (χ3v) is 4.05. The molecule has 0 aliphatic carbocycles. The first-order chi connectivity index (χ1) is 5.42. The summed E-state index contributed by atoms with van der Waals surface area (Å²) in [4.78, 5) is 0. The van der Waals surface area contributed by atoms with Gasteiger partial charge in [-0.1, -0.05) is 0 Å². The van der Waals surface area contributed by atoms with E-state index >= 15 is 0 Å². The summed E-state index contributed by atoms with van der Waals surface area (Å²) in [5.74, 6) is 0. The maximum absolute atomic E-state index is 10.5. The van der Waals surface area contributed by atoms with Crippen molar-refractivity contribution in [3.8, 4) is 0 Å². The van der Waals surface area contributed by atoms with Crippen LogP contribution in [0.3, 0.4) is 0 Å². The number of hydrogen-bond donors (Lipinski definition) is 0. The Kier molecular flexibility index (Phi) is 18.0. The van der Waals surface area contributed by atoms with Crippen LogP contribution < -0.4 is 0 Å². The Hall–Kier alpha value is 0.713. The minimum atomic E-state index is -1.68. The van der Waals surface area contributed by atoms with Crippen LogP contribution in [0.15, 0.2) is 0 Å². The van der Waals surface area contributed by atoms with Gasteiger partial charge in [-0.25, -0.2) is 0 Å². The van der Waals surface area contributed by atoms with Gasteiger partial charge in [-0.05, 0) is 19.6 Å². The molecule has 0 aliphatic rings. The fourth-order valence-corrected chi connectivity index (χ4v) is 3.88. The Labute approximate surface area is 85.1 Å². The molecule has 0 aliphatic heterocycles. The molecule has 79 valence electrons. The third kappa shape index (κ3) is 31.0. The van der Waals surface area contributed by atoms with Gasteiger partial charge in [0.05, 0.1) is 0 Å². The molecule has 3 nitrogen and oxygen atoms in total. The SMILES string of the molecule is C[PH](=O)O[Si](C)(C)C.[CH2-]C.[O]=[Co]. The Bertz CT molecular complexity index is 116. The molecule has 0 radical (unpaired) electrons. The van der Waals surface area contributed by atoms with E-state index in [0.717, 1.165) is 0 Å². The van der Waals surface area contributed by atoms with Gasteiger partial charge in [0.2, 0.25) is 0 Å². The van der Waals surface area contributed by atoms with Crippen molar-refractivity contribution < 1.29 is 28.3 Å². The van der Waals surface area contributed by atoms with E-state index in [-0.39, 0.29) is 0 Å². The second kappa shape index (κ2) is 11.7. The molecule has 0 bridgehead atoms. The van der Waals surface area contributed by atoms with Crippen molar-refractivity contribution in [3.05, 3.63) is 6.92 Å². The third-order valence-electron chi connectivity index (χ3n) is 0.450. The van der Waals surface area contributed by atoms with Crippen LogP contribution in [-0.2, 0) is 28.3 Å². The molecule has 12 heavy (non-hydrogen) atoms. The van der Waals surface area contributed by atoms with E-state index in [1.165, 1.54) is 0 Å². The quantitative estimate of drug-likeness (QED) is 0.433. The van der Waals surface area contributed by atoms with Gasteiger partial charge in [-0.3, -0.25) is 4.57 Å². The van der Waals surface area contributed by atoms with E-state index in [4.69, 9.17) is 8.08 Å². The van der Waals surface area contributed by atoms with Crippen LogP contribution in [0, 0.1) is 6.92 Å². The van der Waals surface area contributed by atoms with Crippen LogP contribution in [0.2, 0.25) is 19.6 Å². The molecule has 0 saturated carbocycles. The molecule has 6 heteroatoms. The Balaban J connectivity index is -0.000000175. The Morgan fingerprint density at radius 2 is 1.50 bits per heavy atom. The molecule has 0 aromatic heterocycles. The second-order valence-corrected chi connectivity index (χ2v) is 8.73. The van der Waals surface area contributed by atoms with Gasteiger partial charge in [0, 0.05) is 6.66 Å². The van der Waals surface area contributed by atoms with Crippen molar-refractivity contribution in [2.45, 2.75) is 26.6 Å². The summed E-state index contributed by atoms with van der Waals surface area (Å²) < 4.78 is 23.5. The van der Waals surface area contributed by atoms with Gasteiger partial charge in [-0.15, -0.1) is 0 Å². The summed E-state index contributed by atoms with van der Waals surface area (Å²) in [5, 5.41) is 0. The van der Waals surface area contributed by atoms with Crippen molar-refractivity contribution in [2.75, 3.05) is 6.66 Å². The average molecular weight is 256 g/mol. The monoisotopic (exact) mass is 256 g/mol. The molecule has 1 unspecified atom stereocenters. The molecular weight excluding hydrogens is 238 g/mol. The van der Waals surface area contributed by atoms with Gasteiger partial charge in [0.15, 0.2) is 16.3 Å². The average Bonchev–Trinajstić information content (AvgIpc) is 1.91. The second-order valence-electron chi connectivity index (χ2n) is 2.71. The van der Waals surface area contributed by atoms with Crippen molar-refractivity contribution in [1.82, 2.24) is 0 Å². The van der Waals surface area contributed by atoms with Crippen molar-refractivity contribution >= 4 is 16.3 Å². The topological polar surface area (TPSA) is 43.4 Å². The molecule has 0 amide bonds. The summed E-state index contributed by atoms with van der Waals surface area (Å²) >= 11 is 2.31. The Morgan fingerprint density at radius 3 is 1.50 bits per heavy atom. The van der Waals surface area contributed by atoms with Crippen molar-refractivity contribution in [2.24, 2.45) is 0 Å². The van der Waals surface area contributed by atoms with Crippen LogP contribution in [0.25, 0.3) is 0 Å². The van der Waals surface area contributed by atoms with Crippen LogP contribution in [0.1, 0.15) is 6.92 Å². The van der Waals surface area contributed by atoms with Crippen LogP contribution in [0.4, 0.5) is 0 Å². The molecule has 0 N–H and O–H groups in total.